The average molecular weight is 472 g/mol. The molecule has 9 nitrogen and oxygen atoms in total. The highest BCUT2D eigenvalue weighted by molar-refractivity contribution is 7.89. The van der Waals surface area contributed by atoms with Crippen molar-refractivity contribution in [1.29, 1.82) is 0 Å². The van der Waals surface area contributed by atoms with Gasteiger partial charge in [-0.3, -0.25) is 4.79 Å². The van der Waals surface area contributed by atoms with E-state index in [1.165, 1.54) is 11.4 Å². The molecular formula is C23H29N5O4S. The van der Waals surface area contributed by atoms with Gasteiger partial charge < -0.3 is 14.6 Å². The van der Waals surface area contributed by atoms with Crippen LogP contribution in [-0.2, 0) is 27.8 Å². The van der Waals surface area contributed by atoms with E-state index in [9.17, 15) is 13.2 Å². The quantitative estimate of drug-likeness (QED) is 0.514. The Morgan fingerprint density at radius 2 is 1.97 bits per heavy atom. The number of anilines is 1. The van der Waals surface area contributed by atoms with Crippen LogP contribution in [0, 0.1) is 0 Å². The van der Waals surface area contributed by atoms with Gasteiger partial charge in [-0.05, 0) is 43.5 Å². The van der Waals surface area contributed by atoms with Crippen molar-refractivity contribution in [3.8, 4) is 5.88 Å². The summed E-state index contributed by atoms with van der Waals surface area (Å²) in [6.07, 6.45) is 4.93. The molecular weight excluding hydrogens is 442 g/mol. The first-order chi connectivity index (χ1) is 15.9. The van der Waals surface area contributed by atoms with Gasteiger partial charge in [-0.1, -0.05) is 6.92 Å². The summed E-state index contributed by atoms with van der Waals surface area (Å²) in [6.45, 7) is 3.95. The summed E-state index contributed by atoms with van der Waals surface area (Å²) in [5, 5.41) is 2.83. The fourth-order valence-corrected chi connectivity index (χ4v) is 5.62. The zero-order valence-corrected chi connectivity index (χ0v) is 19.8. The normalized spacial score (nSPS) is 14.6. The molecule has 1 fully saturated rings. The van der Waals surface area contributed by atoms with Gasteiger partial charge in [0.15, 0.2) is 0 Å². The first-order valence-corrected chi connectivity index (χ1v) is 12.7. The number of aryl methyl sites for hydroxylation is 2. The third-order valence-corrected chi connectivity index (χ3v) is 7.65. The summed E-state index contributed by atoms with van der Waals surface area (Å²) in [5.41, 5.74) is 2.12. The molecule has 1 aliphatic rings. The van der Waals surface area contributed by atoms with E-state index in [1.807, 2.05) is 6.07 Å². The van der Waals surface area contributed by atoms with Gasteiger partial charge in [0, 0.05) is 38.5 Å². The van der Waals surface area contributed by atoms with Crippen LogP contribution in [0.4, 0.5) is 5.69 Å². The summed E-state index contributed by atoms with van der Waals surface area (Å²) in [4.78, 5) is 21.5. The topological polar surface area (TPSA) is 106 Å². The van der Waals surface area contributed by atoms with Crippen LogP contribution >= 0.6 is 0 Å². The van der Waals surface area contributed by atoms with Crippen LogP contribution in [-0.4, -0.2) is 53.4 Å². The number of imidazole rings is 1. The monoisotopic (exact) mass is 471 g/mol. The Morgan fingerprint density at radius 1 is 1.18 bits per heavy atom. The van der Waals surface area contributed by atoms with E-state index in [4.69, 9.17) is 9.72 Å². The minimum Gasteiger partial charge on any atom is -0.481 e. The van der Waals surface area contributed by atoms with Gasteiger partial charge in [-0.2, -0.15) is 4.31 Å². The van der Waals surface area contributed by atoms with Crippen LogP contribution in [0.1, 0.15) is 38.4 Å². The zero-order valence-electron chi connectivity index (χ0n) is 19.0. The van der Waals surface area contributed by atoms with E-state index in [2.05, 4.69) is 21.8 Å². The molecule has 0 atom stereocenters. The number of sulfonamides is 1. The van der Waals surface area contributed by atoms with E-state index in [-0.39, 0.29) is 17.2 Å². The predicted octanol–water partition coefficient (Wildman–Crippen LogP) is 3.21. The second-order valence-corrected chi connectivity index (χ2v) is 10.0. The molecule has 3 heterocycles. The molecule has 0 unspecified atom stereocenters. The molecule has 0 aliphatic carbocycles. The minimum atomic E-state index is -3.51. The molecule has 0 bridgehead atoms. The van der Waals surface area contributed by atoms with Crippen molar-refractivity contribution < 1.29 is 17.9 Å². The van der Waals surface area contributed by atoms with Crippen LogP contribution in [0.25, 0.3) is 11.0 Å². The largest absolute Gasteiger partial charge is 0.481 e. The van der Waals surface area contributed by atoms with Crippen LogP contribution < -0.4 is 10.1 Å². The number of methoxy groups -OCH3 is 1. The molecule has 1 aliphatic heterocycles. The maximum Gasteiger partial charge on any atom is 0.243 e. The van der Waals surface area contributed by atoms with Gasteiger partial charge >= 0.3 is 0 Å². The third-order valence-electron chi connectivity index (χ3n) is 5.75. The van der Waals surface area contributed by atoms with Crippen molar-refractivity contribution in [2.45, 2.75) is 50.5 Å². The summed E-state index contributed by atoms with van der Waals surface area (Å²) in [7, 11) is -1.97. The summed E-state index contributed by atoms with van der Waals surface area (Å²) >= 11 is 0. The number of nitrogens with zero attached hydrogens (tertiary/aromatic N) is 4. The molecule has 0 saturated carbocycles. The van der Waals surface area contributed by atoms with E-state index in [0.29, 0.717) is 36.6 Å². The second-order valence-electron chi connectivity index (χ2n) is 8.08. The number of carbonyl (C=O) groups is 1. The number of benzene rings is 1. The Morgan fingerprint density at radius 3 is 2.64 bits per heavy atom. The summed E-state index contributed by atoms with van der Waals surface area (Å²) in [5.74, 6) is 1.10. The zero-order chi connectivity index (χ0) is 23.4. The van der Waals surface area contributed by atoms with Gasteiger partial charge in [0.2, 0.25) is 21.8 Å². The lowest BCUT2D eigenvalue weighted by Crippen LogP contribution is -2.27. The number of aromatic nitrogens is 3. The Hall–Kier alpha value is -2.98. The van der Waals surface area contributed by atoms with Crippen molar-refractivity contribution in [2.24, 2.45) is 0 Å². The Balaban J connectivity index is 1.52. The lowest BCUT2D eigenvalue weighted by molar-refractivity contribution is -0.116. The first-order valence-electron chi connectivity index (χ1n) is 11.2. The molecule has 176 valence electrons. The Bertz CT molecular complexity index is 1230. The average Bonchev–Trinajstić information content (AvgIpc) is 3.47. The first kappa shape index (κ1) is 23.2. The van der Waals surface area contributed by atoms with Gasteiger partial charge in [0.05, 0.1) is 34.9 Å². The van der Waals surface area contributed by atoms with Gasteiger partial charge in [-0.15, -0.1) is 0 Å². The van der Waals surface area contributed by atoms with Crippen molar-refractivity contribution in [3.05, 3.63) is 42.4 Å². The molecule has 1 saturated heterocycles. The molecule has 1 aromatic carbocycles. The highest BCUT2D eigenvalue weighted by Crippen LogP contribution is 2.26. The standard InChI is InChI=1S/C23H29N5O4S/c1-3-12-28-20-8-7-18(33(30,31)27-13-4-5-14-27)15-19(20)26-21(28)9-10-22(29)25-17-6-11-23(32-2)24-16-17/h6-8,11,15-16H,3-5,9-10,12-14H2,1-2H3,(H,25,29). The molecule has 0 spiro atoms. The van der Waals surface area contributed by atoms with Crippen LogP contribution in [0.15, 0.2) is 41.4 Å². The molecule has 3 aromatic rings. The van der Waals surface area contributed by atoms with Crippen LogP contribution in [0.2, 0.25) is 0 Å². The summed E-state index contributed by atoms with van der Waals surface area (Å²) < 4.78 is 34.5. The van der Waals surface area contributed by atoms with E-state index in [0.717, 1.165) is 37.1 Å². The minimum absolute atomic E-state index is 0.144. The second kappa shape index (κ2) is 9.88. The number of amides is 1. The maximum absolute atomic E-state index is 12.9. The lowest BCUT2D eigenvalue weighted by atomic mass is 10.2. The van der Waals surface area contributed by atoms with Gasteiger partial charge in [-0.25, -0.2) is 18.4 Å². The molecule has 33 heavy (non-hydrogen) atoms. The number of hydrogen-bond acceptors (Lipinski definition) is 6. The molecule has 1 amide bonds. The Kier molecular flexibility index (Phi) is 6.94. The fraction of sp³-hybridized carbons (Fsp3) is 0.435. The van der Waals surface area contributed by atoms with Crippen molar-refractivity contribution in [3.63, 3.8) is 0 Å². The van der Waals surface area contributed by atoms with Crippen molar-refractivity contribution >= 4 is 32.7 Å². The number of hydrogen-bond donors (Lipinski definition) is 1. The van der Waals surface area contributed by atoms with Gasteiger partial charge in [0.25, 0.3) is 0 Å². The summed E-state index contributed by atoms with van der Waals surface area (Å²) in [6, 6.07) is 8.56. The maximum atomic E-state index is 12.9. The molecule has 2 aromatic heterocycles. The van der Waals surface area contributed by atoms with E-state index in [1.54, 1.807) is 30.5 Å². The lowest BCUT2D eigenvalue weighted by Gasteiger charge is -2.15. The number of rotatable bonds is 9. The van der Waals surface area contributed by atoms with Crippen molar-refractivity contribution in [1.82, 2.24) is 18.8 Å². The smallest absolute Gasteiger partial charge is 0.243 e. The number of pyridine rings is 1. The molecule has 10 heteroatoms. The predicted molar refractivity (Wildman–Crippen MR) is 126 cm³/mol. The number of ether oxygens (including phenoxy) is 1. The van der Waals surface area contributed by atoms with Crippen LogP contribution in [0.3, 0.4) is 0 Å². The Labute approximate surface area is 193 Å². The molecule has 0 radical (unpaired) electrons. The SMILES string of the molecule is CCCn1c(CCC(=O)Nc2ccc(OC)nc2)nc2cc(S(=O)(=O)N3CCCC3)ccc21. The van der Waals surface area contributed by atoms with E-state index < -0.39 is 10.0 Å². The molecule has 4 rings (SSSR count). The van der Waals surface area contributed by atoms with Crippen molar-refractivity contribution in [2.75, 3.05) is 25.5 Å². The number of carbonyl (C=O) groups excluding carboxylic acids is 1. The highest BCUT2D eigenvalue weighted by Gasteiger charge is 2.27. The van der Waals surface area contributed by atoms with E-state index >= 15 is 0 Å². The highest BCUT2D eigenvalue weighted by atomic mass is 32.2. The van der Waals surface area contributed by atoms with Crippen LogP contribution in [0.5, 0.6) is 5.88 Å². The number of fused-ring (bicyclic) bond motifs is 1. The molecule has 1 N–H and O–H groups in total. The number of nitrogens with one attached hydrogen (secondary N) is 1. The fourth-order valence-electron chi connectivity index (χ4n) is 4.09. The van der Waals surface area contributed by atoms with Gasteiger partial charge in [0.1, 0.15) is 5.82 Å². The third kappa shape index (κ3) is 5.01.